The Kier molecular flexibility index (Phi) is 4.77. The third kappa shape index (κ3) is 3.34. The number of hydrogen-bond acceptors (Lipinski definition) is 3. The molecular weight excluding hydrogens is 355 g/mol. The smallest absolute Gasteiger partial charge is 0.223 e. The summed E-state index contributed by atoms with van der Waals surface area (Å²) in [5, 5.41) is 9.85. The minimum Gasteiger partial charge on any atom is -0.503 e. The number of aromatic nitrogens is 1. The Morgan fingerprint density at radius 3 is 2.43 bits per heavy atom. The number of halogens is 1. The summed E-state index contributed by atoms with van der Waals surface area (Å²) in [6.07, 6.45) is 1.50. The van der Waals surface area contributed by atoms with E-state index in [1.165, 1.54) is 41.1 Å². The van der Waals surface area contributed by atoms with Crippen molar-refractivity contribution in [1.82, 2.24) is 9.47 Å². The Morgan fingerprint density at radius 1 is 1.07 bits per heavy atom. The van der Waals surface area contributed by atoms with Crippen molar-refractivity contribution in [3.05, 3.63) is 98.7 Å². The first-order valence-electron chi connectivity index (χ1n) is 9.42. The Balaban J connectivity index is 1.82. The van der Waals surface area contributed by atoms with E-state index in [0.717, 1.165) is 24.3 Å². The fourth-order valence-electron chi connectivity index (χ4n) is 4.06. The van der Waals surface area contributed by atoms with Crippen LogP contribution in [-0.4, -0.2) is 21.1 Å². The molecule has 1 aliphatic rings. The van der Waals surface area contributed by atoms with Gasteiger partial charge in [-0.3, -0.25) is 9.69 Å². The molecule has 0 aliphatic carbocycles. The number of fused-ring (bicyclic) bond motifs is 1. The number of aromatic hydroxyl groups is 1. The molecule has 0 radical (unpaired) electrons. The van der Waals surface area contributed by atoms with Crippen LogP contribution in [0.2, 0.25) is 0 Å². The van der Waals surface area contributed by atoms with Crippen molar-refractivity contribution < 1.29 is 9.50 Å². The van der Waals surface area contributed by atoms with Gasteiger partial charge in [-0.1, -0.05) is 30.3 Å². The molecule has 3 aromatic rings. The SMILES string of the molecule is Cc1cccc(C)c1CN1CCn2cc(O)c(=O)cc2C1c1ccc(F)cc1. The van der Waals surface area contributed by atoms with Gasteiger partial charge in [0.15, 0.2) is 5.75 Å². The number of pyridine rings is 1. The predicted molar refractivity (Wildman–Crippen MR) is 107 cm³/mol. The summed E-state index contributed by atoms with van der Waals surface area (Å²) in [4.78, 5) is 14.5. The lowest BCUT2D eigenvalue weighted by molar-refractivity contribution is 0.171. The molecule has 0 saturated carbocycles. The standard InChI is InChI=1S/C23H23FN2O2/c1-15-4-3-5-16(2)19(15)13-26-11-10-25-14-22(28)21(27)12-20(25)23(26)17-6-8-18(24)9-7-17/h3-9,12,14,23,28H,10-11,13H2,1-2H3. The summed E-state index contributed by atoms with van der Waals surface area (Å²) in [5.41, 5.74) is 5.06. The van der Waals surface area contributed by atoms with Gasteiger partial charge in [0.2, 0.25) is 5.43 Å². The molecule has 4 rings (SSSR count). The number of benzene rings is 2. The summed E-state index contributed by atoms with van der Waals surface area (Å²) >= 11 is 0. The molecule has 144 valence electrons. The molecule has 0 fully saturated rings. The van der Waals surface area contributed by atoms with Gasteiger partial charge in [-0.15, -0.1) is 0 Å². The molecule has 2 aromatic carbocycles. The van der Waals surface area contributed by atoms with E-state index in [4.69, 9.17) is 0 Å². The number of aryl methyl sites for hydroxylation is 2. The highest BCUT2D eigenvalue weighted by molar-refractivity contribution is 5.36. The fourth-order valence-corrected chi connectivity index (χ4v) is 4.06. The lowest BCUT2D eigenvalue weighted by Gasteiger charge is -2.39. The summed E-state index contributed by atoms with van der Waals surface area (Å²) in [7, 11) is 0. The first-order chi connectivity index (χ1) is 13.4. The lowest BCUT2D eigenvalue weighted by atomic mass is 9.96. The topological polar surface area (TPSA) is 45.5 Å². The van der Waals surface area contributed by atoms with Gasteiger partial charge in [0.1, 0.15) is 5.82 Å². The molecular formula is C23H23FN2O2. The molecule has 0 amide bonds. The molecule has 1 aromatic heterocycles. The number of nitrogens with zero attached hydrogens (tertiary/aromatic N) is 2. The minimum absolute atomic E-state index is 0.193. The van der Waals surface area contributed by atoms with Crippen molar-refractivity contribution in [3.63, 3.8) is 0 Å². The van der Waals surface area contributed by atoms with E-state index in [0.29, 0.717) is 6.54 Å². The van der Waals surface area contributed by atoms with Gasteiger partial charge >= 0.3 is 0 Å². The summed E-state index contributed by atoms with van der Waals surface area (Å²) in [6.45, 7) is 6.37. The van der Waals surface area contributed by atoms with E-state index in [1.54, 1.807) is 12.1 Å². The van der Waals surface area contributed by atoms with Crippen molar-refractivity contribution in [2.45, 2.75) is 33.0 Å². The van der Waals surface area contributed by atoms with Gasteiger partial charge in [-0.2, -0.15) is 0 Å². The van der Waals surface area contributed by atoms with E-state index in [9.17, 15) is 14.3 Å². The second-order valence-electron chi connectivity index (χ2n) is 7.44. The average Bonchev–Trinajstić information content (AvgIpc) is 2.67. The zero-order valence-corrected chi connectivity index (χ0v) is 16.0. The highest BCUT2D eigenvalue weighted by Crippen LogP contribution is 2.34. The van der Waals surface area contributed by atoms with Gasteiger partial charge in [0.25, 0.3) is 0 Å². The quantitative estimate of drug-likeness (QED) is 0.752. The molecule has 0 bridgehead atoms. The monoisotopic (exact) mass is 378 g/mol. The summed E-state index contributed by atoms with van der Waals surface area (Å²) < 4.78 is 15.4. The largest absolute Gasteiger partial charge is 0.503 e. The number of rotatable bonds is 3. The minimum atomic E-state index is -0.396. The zero-order valence-electron chi connectivity index (χ0n) is 16.0. The highest BCUT2D eigenvalue weighted by atomic mass is 19.1. The van der Waals surface area contributed by atoms with Crippen LogP contribution in [-0.2, 0) is 13.1 Å². The maximum absolute atomic E-state index is 13.5. The maximum atomic E-state index is 13.5. The molecule has 1 atom stereocenters. The van der Waals surface area contributed by atoms with Crippen molar-refractivity contribution in [2.24, 2.45) is 0 Å². The maximum Gasteiger partial charge on any atom is 0.223 e. The Labute approximate surface area is 163 Å². The summed E-state index contributed by atoms with van der Waals surface area (Å²) in [6, 6.07) is 14.0. The lowest BCUT2D eigenvalue weighted by Crippen LogP contribution is -2.39. The predicted octanol–water partition coefficient (Wildman–Crippen LogP) is 3.92. The van der Waals surface area contributed by atoms with Crippen LogP contribution in [0.25, 0.3) is 0 Å². The molecule has 0 saturated heterocycles. The van der Waals surface area contributed by atoms with Crippen molar-refractivity contribution >= 4 is 0 Å². The second kappa shape index (κ2) is 7.24. The highest BCUT2D eigenvalue weighted by Gasteiger charge is 2.30. The van der Waals surface area contributed by atoms with E-state index in [1.807, 2.05) is 4.57 Å². The van der Waals surface area contributed by atoms with Gasteiger partial charge in [-0.05, 0) is 48.2 Å². The normalized spacial score (nSPS) is 16.8. The average molecular weight is 378 g/mol. The second-order valence-corrected chi connectivity index (χ2v) is 7.44. The van der Waals surface area contributed by atoms with Crippen LogP contribution < -0.4 is 5.43 Å². The van der Waals surface area contributed by atoms with Gasteiger partial charge in [-0.25, -0.2) is 4.39 Å². The Bertz CT molecular complexity index is 1050. The molecule has 1 N–H and O–H groups in total. The number of hydrogen-bond donors (Lipinski definition) is 1. The van der Waals surface area contributed by atoms with Crippen LogP contribution in [0.4, 0.5) is 4.39 Å². The first-order valence-corrected chi connectivity index (χ1v) is 9.42. The van der Waals surface area contributed by atoms with E-state index in [2.05, 4.69) is 36.9 Å². The molecule has 0 spiro atoms. The van der Waals surface area contributed by atoms with E-state index in [-0.39, 0.29) is 17.6 Å². The van der Waals surface area contributed by atoms with Crippen molar-refractivity contribution in [2.75, 3.05) is 6.54 Å². The van der Waals surface area contributed by atoms with Crippen LogP contribution >= 0.6 is 0 Å². The van der Waals surface area contributed by atoms with Crippen molar-refractivity contribution in [3.8, 4) is 5.75 Å². The molecule has 1 aliphatic heterocycles. The molecule has 1 unspecified atom stereocenters. The van der Waals surface area contributed by atoms with Crippen LogP contribution in [0, 0.1) is 19.7 Å². The fraction of sp³-hybridized carbons (Fsp3) is 0.261. The summed E-state index contributed by atoms with van der Waals surface area (Å²) in [5.74, 6) is -0.534. The van der Waals surface area contributed by atoms with Gasteiger partial charge in [0, 0.05) is 31.4 Å². The van der Waals surface area contributed by atoms with Gasteiger partial charge in [0.05, 0.1) is 12.2 Å². The third-order valence-corrected chi connectivity index (χ3v) is 5.61. The molecule has 4 nitrogen and oxygen atoms in total. The van der Waals surface area contributed by atoms with Crippen LogP contribution in [0.5, 0.6) is 5.75 Å². The van der Waals surface area contributed by atoms with Crippen LogP contribution in [0.15, 0.2) is 59.5 Å². The first kappa shape index (κ1) is 18.4. The molecule has 2 heterocycles. The Morgan fingerprint density at radius 2 is 1.75 bits per heavy atom. The molecule has 28 heavy (non-hydrogen) atoms. The van der Waals surface area contributed by atoms with Crippen LogP contribution in [0.1, 0.15) is 34.0 Å². The van der Waals surface area contributed by atoms with E-state index >= 15 is 0 Å². The van der Waals surface area contributed by atoms with Gasteiger partial charge < -0.3 is 9.67 Å². The Hall–Kier alpha value is -2.92. The third-order valence-electron chi connectivity index (χ3n) is 5.61. The molecule has 5 heteroatoms. The zero-order chi connectivity index (χ0) is 19.8. The van der Waals surface area contributed by atoms with Crippen LogP contribution in [0.3, 0.4) is 0 Å². The van der Waals surface area contributed by atoms with Crippen molar-refractivity contribution in [1.29, 1.82) is 0 Å². The van der Waals surface area contributed by atoms with E-state index < -0.39 is 5.43 Å².